The van der Waals surface area contributed by atoms with Gasteiger partial charge in [-0.2, -0.15) is 4.31 Å². The van der Waals surface area contributed by atoms with Crippen molar-refractivity contribution < 1.29 is 31.3 Å². The van der Waals surface area contributed by atoms with Crippen molar-refractivity contribution in [2.45, 2.75) is 38.4 Å². The van der Waals surface area contributed by atoms with E-state index in [2.05, 4.69) is 20.7 Å². The van der Waals surface area contributed by atoms with Gasteiger partial charge in [-0.05, 0) is 31.5 Å². The third kappa shape index (κ3) is 4.83. The second-order valence-electron chi connectivity index (χ2n) is 5.39. The number of carbonyl (C=O) groups excluding carboxylic acids is 1. The molecule has 0 spiro atoms. The van der Waals surface area contributed by atoms with E-state index in [9.17, 15) is 22.2 Å². The van der Waals surface area contributed by atoms with E-state index in [1.165, 1.54) is 13.0 Å². The Hall–Kier alpha value is -1.00. The maximum absolute atomic E-state index is 15.8. The van der Waals surface area contributed by atoms with Crippen LogP contribution in [-0.2, 0) is 20.5 Å². The Morgan fingerprint density at radius 3 is 2.50 bits per heavy atom. The van der Waals surface area contributed by atoms with Gasteiger partial charge in [0.1, 0.15) is 11.7 Å². The highest BCUT2D eigenvalue weighted by Gasteiger charge is 2.58. The lowest BCUT2D eigenvalue weighted by Crippen LogP contribution is -2.57. The van der Waals surface area contributed by atoms with E-state index >= 15 is 4.39 Å². The molecule has 0 amide bonds. The summed E-state index contributed by atoms with van der Waals surface area (Å²) in [5, 5.41) is 0. The summed E-state index contributed by atoms with van der Waals surface area (Å²) >= 11 is 3.02. The molecule has 3 atom stereocenters. The van der Waals surface area contributed by atoms with Gasteiger partial charge in [0.2, 0.25) is 0 Å². The summed E-state index contributed by atoms with van der Waals surface area (Å²) < 4.78 is 75.2. The molecule has 0 bridgehead atoms. The number of esters is 1. The van der Waals surface area contributed by atoms with Crippen LogP contribution < -0.4 is 0 Å². The van der Waals surface area contributed by atoms with Gasteiger partial charge in [-0.3, -0.25) is 0 Å². The lowest BCUT2D eigenvalue weighted by Gasteiger charge is -2.37. The van der Waals surface area contributed by atoms with Crippen LogP contribution in [0.2, 0.25) is 0 Å². The van der Waals surface area contributed by atoms with Crippen LogP contribution in [0.15, 0.2) is 22.7 Å². The van der Waals surface area contributed by atoms with Gasteiger partial charge in [-0.1, -0.05) is 22.9 Å². The van der Waals surface area contributed by atoms with Gasteiger partial charge in [-0.15, -0.1) is 0 Å². The van der Waals surface area contributed by atoms with E-state index in [0.29, 0.717) is 10.7 Å². The SMILES string of the molecule is CCC[S@@](=O)N(C)[C@](F)(C(=O)OCC)[C@@H](c1cc(Br)ccc1F)C(F)F. The van der Waals surface area contributed by atoms with E-state index in [1.807, 2.05) is 0 Å². The number of carbonyl (C=O) groups is 1. The zero-order valence-corrected chi connectivity index (χ0v) is 16.9. The van der Waals surface area contributed by atoms with Gasteiger partial charge in [-0.25, -0.2) is 26.6 Å². The second kappa shape index (κ2) is 9.80. The molecule has 0 saturated carbocycles. The Bertz CT molecular complexity index is 664. The Balaban J connectivity index is 3.60. The molecule has 148 valence electrons. The van der Waals surface area contributed by atoms with Crippen LogP contribution in [0.5, 0.6) is 0 Å². The fourth-order valence-corrected chi connectivity index (χ4v) is 3.89. The van der Waals surface area contributed by atoms with Crippen LogP contribution >= 0.6 is 15.9 Å². The first-order valence-corrected chi connectivity index (χ1v) is 9.89. The van der Waals surface area contributed by atoms with Crippen molar-refractivity contribution in [2.24, 2.45) is 0 Å². The number of hydrogen-bond acceptors (Lipinski definition) is 3. The molecular weight excluding hydrogens is 442 g/mol. The minimum atomic E-state index is -3.52. The summed E-state index contributed by atoms with van der Waals surface area (Å²) in [6, 6.07) is 3.10. The maximum atomic E-state index is 15.8. The van der Waals surface area contributed by atoms with Crippen LogP contribution in [0.4, 0.5) is 17.6 Å². The van der Waals surface area contributed by atoms with Crippen molar-refractivity contribution in [1.82, 2.24) is 4.31 Å². The average Bonchev–Trinajstić information content (AvgIpc) is 2.57. The first kappa shape index (κ1) is 23.0. The minimum Gasteiger partial charge on any atom is -0.463 e. The zero-order chi connectivity index (χ0) is 20.1. The van der Waals surface area contributed by atoms with Crippen molar-refractivity contribution >= 4 is 32.9 Å². The number of ether oxygens (including phenoxy) is 1. The van der Waals surface area contributed by atoms with Crippen LogP contribution in [0.3, 0.4) is 0 Å². The van der Waals surface area contributed by atoms with E-state index < -0.39 is 46.5 Å². The number of nitrogens with zero attached hydrogens (tertiary/aromatic N) is 1. The molecule has 0 aliphatic heterocycles. The number of likely N-dealkylation sites (N-methyl/N-ethyl adjacent to an activating group) is 1. The Kier molecular flexibility index (Phi) is 8.68. The van der Waals surface area contributed by atoms with Crippen molar-refractivity contribution in [1.29, 1.82) is 0 Å². The van der Waals surface area contributed by atoms with E-state index in [4.69, 9.17) is 0 Å². The number of halogens is 5. The summed E-state index contributed by atoms with van der Waals surface area (Å²) in [4.78, 5) is 12.3. The standard InChI is InChI=1S/C16H20BrF4NO3S/c1-4-8-26(24)22(3)16(21,15(23)25-5-2)13(14(19)20)11-9-10(17)6-7-12(11)18/h6-7,9,13-14H,4-5,8H2,1-3H3/t13-,16-,26+/m0/s1. The molecule has 0 aliphatic rings. The highest BCUT2D eigenvalue weighted by molar-refractivity contribution is 9.10. The predicted molar refractivity (Wildman–Crippen MR) is 94.4 cm³/mol. The molecule has 0 N–H and O–H groups in total. The lowest BCUT2D eigenvalue weighted by molar-refractivity contribution is -0.173. The molecule has 0 saturated heterocycles. The quantitative estimate of drug-likeness (QED) is 0.315. The van der Waals surface area contributed by atoms with E-state index in [0.717, 1.165) is 19.2 Å². The van der Waals surface area contributed by atoms with Crippen molar-refractivity contribution in [2.75, 3.05) is 19.4 Å². The highest BCUT2D eigenvalue weighted by atomic mass is 79.9. The predicted octanol–water partition coefficient (Wildman–Crippen LogP) is 4.17. The zero-order valence-electron chi connectivity index (χ0n) is 14.5. The molecule has 26 heavy (non-hydrogen) atoms. The van der Waals surface area contributed by atoms with Crippen LogP contribution in [0.1, 0.15) is 31.7 Å². The largest absolute Gasteiger partial charge is 0.463 e. The number of alkyl halides is 3. The summed E-state index contributed by atoms with van der Waals surface area (Å²) in [6.45, 7) is 2.75. The monoisotopic (exact) mass is 461 g/mol. The molecule has 0 fully saturated rings. The third-order valence-corrected chi connectivity index (χ3v) is 5.79. The normalized spacial score (nSPS) is 16.4. The van der Waals surface area contributed by atoms with Gasteiger partial charge in [0.25, 0.3) is 12.2 Å². The molecule has 4 nitrogen and oxygen atoms in total. The van der Waals surface area contributed by atoms with E-state index in [1.54, 1.807) is 6.92 Å². The Morgan fingerprint density at radius 1 is 1.38 bits per heavy atom. The number of benzene rings is 1. The van der Waals surface area contributed by atoms with Gasteiger partial charge < -0.3 is 4.74 Å². The first-order chi connectivity index (χ1) is 12.1. The van der Waals surface area contributed by atoms with Crippen LogP contribution in [0.25, 0.3) is 0 Å². The van der Waals surface area contributed by atoms with Gasteiger partial charge >= 0.3 is 5.97 Å². The molecule has 1 aromatic carbocycles. The summed E-state index contributed by atoms with van der Waals surface area (Å²) in [6.07, 6.45) is -3.10. The summed E-state index contributed by atoms with van der Waals surface area (Å²) in [5.41, 5.74) is -0.717. The van der Waals surface area contributed by atoms with Crippen molar-refractivity contribution in [3.05, 3.63) is 34.1 Å². The number of hydrogen-bond donors (Lipinski definition) is 0. The van der Waals surface area contributed by atoms with Crippen LogP contribution in [-0.4, -0.2) is 46.1 Å². The lowest BCUT2D eigenvalue weighted by atomic mass is 9.89. The molecule has 0 radical (unpaired) electrons. The van der Waals surface area contributed by atoms with Gasteiger partial charge in [0.15, 0.2) is 0 Å². The van der Waals surface area contributed by atoms with E-state index in [-0.39, 0.29) is 16.8 Å². The second-order valence-corrected chi connectivity index (χ2v) is 7.91. The molecule has 0 aliphatic carbocycles. The van der Waals surface area contributed by atoms with Gasteiger partial charge in [0.05, 0.1) is 17.6 Å². The summed E-state index contributed by atoms with van der Waals surface area (Å²) in [7, 11) is -1.15. The summed E-state index contributed by atoms with van der Waals surface area (Å²) in [5.74, 6) is -8.87. The Labute approximate surface area is 160 Å². The maximum Gasteiger partial charge on any atom is 0.361 e. The molecular formula is C16H20BrF4NO3S. The molecule has 0 heterocycles. The van der Waals surface area contributed by atoms with Crippen molar-refractivity contribution in [3.8, 4) is 0 Å². The fraction of sp³-hybridized carbons (Fsp3) is 0.562. The Morgan fingerprint density at radius 2 is 2.00 bits per heavy atom. The number of rotatable bonds is 9. The minimum absolute atomic E-state index is 0.0570. The van der Waals surface area contributed by atoms with Gasteiger partial charge in [0, 0.05) is 22.8 Å². The molecule has 1 rings (SSSR count). The topological polar surface area (TPSA) is 46.6 Å². The first-order valence-electron chi connectivity index (χ1n) is 7.82. The highest BCUT2D eigenvalue weighted by Crippen LogP contribution is 2.42. The fourth-order valence-electron chi connectivity index (χ4n) is 2.41. The molecule has 10 heteroatoms. The smallest absolute Gasteiger partial charge is 0.361 e. The molecule has 0 unspecified atom stereocenters. The molecule has 1 aromatic rings. The third-order valence-electron chi connectivity index (χ3n) is 3.66. The van der Waals surface area contributed by atoms with Crippen molar-refractivity contribution in [3.63, 3.8) is 0 Å². The molecule has 0 aromatic heterocycles. The average molecular weight is 462 g/mol. The van der Waals surface area contributed by atoms with Crippen LogP contribution in [0, 0.1) is 5.82 Å².